The minimum atomic E-state index is -4.06. The van der Waals surface area contributed by atoms with Gasteiger partial charge in [-0.25, -0.2) is 18.2 Å². The number of aliphatic hydroxyl groups is 1. The quantitative estimate of drug-likeness (QED) is 0.243. The predicted molar refractivity (Wildman–Crippen MR) is 164 cm³/mol. The summed E-state index contributed by atoms with van der Waals surface area (Å²) in [4.78, 5) is 31.6. The Labute approximate surface area is 256 Å². The van der Waals surface area contributed by atoms with Crippen molar-refractivity contribution in [1.82, 2.24) is 14.6 Å². The van der Waals surface area contributed by atoms with E-state index in [0.717, 1.165) is 11.1 Å². The van der Waals surface area contributed by atoms with Gasteiger partial charge in [0, 0.05) is 24.8 Å². The number of sulfonamides is 1. The molecule has 12 heteroatoms. The predicted octanol–water partition coefficient (Wildman–Crippen LogP) is 3.90. The fourth-order valence-electron chi connectivity index (χ4n) is 5.19. The van der Waals surface area contributed by atoms with Crippen molar-refractivity contribution in [3.8, 4) is 0 Å². The number of aliphatic hydroxyl groups excluding tert-OH is 1. The molecule has 3 atom stereocenters. The Bertz CT molecular complexity index is 1720. The maximum Gasteiger partial charge on any atom is 0.415 e. The number of hydrogen-bond donors (Lipinski definition) is 2. The fraction of sp³-hybridized carbons (Fsp3) is 0.344. The third kappa shape index (κ3) is 7.09. The number of amides is 2. The van der Waals surface area contributed by atoms with E-state index in [4.69, 9.17) is 9.15 Å². The molecule has 1 aliphatic heterocycles. The molecule has 0 aliphatic carbocycles. The lowest BCUT2D eigenvalue weighted by molar-refractivity contribution is -0.129. The molecule has 5 rings (SSSR count). The van der Waals surface area contributed by atoms with Crippen LogP contribution in [0.4, 0.5) is 10.5 Å². The van der Waals surface area contributed by atoms with Crippen LogP contribution in [0.2, 0.25) is 0 Å². The maximum atomic E-state index is 13.8. The summed E-state index contributed by atoms with van der Waals surface area (Å²) < 4.78 is 39.6. The van der Waals surface area contributed by atoms with Crippen molar-refractivity contribution in [1.29, 1.82) is 0 Å². The van der Waals surface area contributed by atoms with Gasteiger partial charge in [0.2, 0.25) is 10.0 Å². The number of anilines is 1. The van der Waals surface area contributed by atoms with Gasteiger partial charge in [0.25, 0.3) is 5.91 Å². The topological polar surface area (TPSA) is 142 Å². The molecule has 2 N–H and O–H groups in total. The van der Waals surface area contributed by atoms with Gasteiger partial charge in [-0.05, 0) is 54.7 Å². The smallest absolute Gasteiger partial charge is 0.415 e. The maximum absolute atomic E-state index is 13.8. The third-order valence-electron chi connectivity index (χ3n) is 7.41. The zero-order chi connectivity index (χ0) is 31.4. The van der Waals surface area contributed by atoms with Gasteiger partial charge in [-0.15, -0.1) is 0 Å². The van der Waals surface area contributed by atoms with E-state index in [1.807, 2.05) is 69.3 Å². The first-order valence-corrected chi connectivity index (χ1v) is 15.9. The molecule has 2 amide bonds. The van der Waals surface area contributed by atoms with E-state index in [1.54, 1.807) is 12.1 Å². The van der Waals surface area contributed by atoms with Crippen LogP contribution in [0.5, 0.6) is 0 Å². The number of cyclic esters (lactones) is 1. The summed E-state index contributed by atoms with van der Waals surface area (Å²) >= 11 is 0. The van der Waals surface area contributed by atoms with Gasteiger partial charge in [-0.2, -0.15) is 4.31 Å². The minimum Gasteiger partial charge on any atom is -0.443 e. The highest BCUT2D eigenvalue weighted by Crippen LogP contribution is 2.25. The van der Waals surface area contributed by atoms with Crippen molar-refractivity contribution in [3.05, 3.63) is 90.3 Å². The second-order valence-electron chi connectivity index (χ2n) is 11.4. The lowest BCUT2D eigenvalue weighted by atomic mass is 10.0. The van der Waals surface area contributed by atoms with Crippen molar-refractivity contribution in [2.24, 2.45) is 5.92 Å². The summed E-state index contributed by atoms with van der Waals surface area (Å²) in [5.74, 6) is -0.638. The highest BCUT2D eigenvalue weighted by Gasteiger charge is 2.39. The van der Waals surface area contributed by atoms with Gasteiger partial charge < -0.3 is 19.6 Å². The van der Waals surface area contributed by atoms with Crippen LogP contribution in [0, 0.1) is 12.8 Å². The highest BCUT2D eigenvalue weighted by atomic mass is 32.2. The number of aromatic nitrogens is 1. The first kappa shape index (κ1) is 31.2. The van der Waals surface area contributed by atoms with Crippen LogP contribution in [-0.2, 0) is 26.0 Å². The van der Waals surface area contributed by atoms with E-state index in [9.17, 15) is 23.1 Å². The Balaban J connectivity index is 1.37. The molecule has 1 fully saturated rings. The van der Waals surface area contributed by atoms with E-state index >= 15 is 0 Å². The van der Waals surface area contributed by atoms with Crippen LogP contribution in [0.1, 0.15) is 25.0 Å². The number of oxazole rings is 1. The normalized spacial score (nSPS) is 16.8. The SMILES string of the molecule is Cc1cccc(N2C[C@@H](C(=O)N[C@@H](Cc3ccccc3)[C@H](O)CN(CC(C)C)S(=O)(=O)c3ccc4ncoc4c3)OC2=O)c1. The second kappa shape index (κ2) is 13.2. The van der Waals surface area contributed by atoms with E-state index < -0.39 is 40.3 Å². The summed E-state index contributed by atoms with van der Waals surface area (Å²) in [6, 6.07) is 20.1. The Kier molecular flexibility index (Phi) is 9.33. The summed E-state index contributed by atoms with van der Waals surface area (Å²) in [6.07, 6.45) is -1.59. The van der Waals surface area contributed by atoms with Crippen LogP contribution < -0.4 is 10.2 Å². The van der Waals surface area contributed by atoms with E-state index in [0.29, 0.717) is 16.8 Å². The molecule has 1 aliphatic rings. The standard InChI is InChI=1S/C32H36N4O7S/c1-21(2)17-35(44(40,41)25-12-13-26-29(16-25)42-20-33-26)18-28(37)27(15-23-9-5-4-6-10-23)34-31(38)30-19-36(32(39)43-30)24-11-7-8-22(3)14-24/h4-14,16,20-21,27-28,30,37H,15,17-19H2,1-3H3,(H,34,38)/t27-,28+,30-/m0/s1. The van der Waals surface area contributed by atoms with Crippen LogP contribution >= 0.6 is 0 Å². The summed E-state index contributed by atoms with van der Waals surface area (Å²) in [7, 11) is -4.06. The number of nitrogens with one attached hydrogen (secondary N) is 1. The summed E-state index contributed by atoms with van der Waals surface area (Å²) in [6.45, 7) is 5.51. The summed E-state index contributed by atoms with van der Waals surface area (Å²) in [5.41, 5.74) is 3.26. The Morgan fingerprint density at radius 1 is 1.09 bits per heavy atom. The van der Waals surface area contributed by atoms with Gasteiger partial charge in [-0.1, -0.05) is 56.3 Å². The molecular formula is C32H36N4O7S. The van der Waals surface area contributed by atoms with Crippen LogP contribution in [0.3, 0.4) is 0 Å². The number of carbonyl (C=O) groups excluding carboxylic acids is 2. The fourth-order valence-corrected chi connectivity index (χ4v) is 6.83. The van der Waals surface area contributed by atoms with Crippen molar-refractivity contribution >= 4 is 38.8 Å². The number of hydrogen-bond acceptors (Lipinski definition) is 8. The summed E-state index contributed by atoms with van der Waals surface area (Å²) in [5, 5.41) is 14.4. The molecule has 0 saturated carbocycles. The first-order chi connectivity index (χ1) is 21.0. The minimum absolute atomic E-state index is 0.000238. The monoisotopic (exact) mass is 620 g/mol. The number of nitrogens with zero attached hydrogens (tertiary/aromatic N) is 3. The first-order valence-electron chi connectivity index (χ1n) is 14.4. The number of rotatable bonds is 12. The molecule has 0 unspecified atom stereocenters. The second-order valence-corrected chi connectivity index (χ2v) is 13.3. The number of benzene rings is 3. The number of carbonyl (C=O) groups is 2. The Morgan fingerprint density at radius 3 is 2.59 bits per heavy atom. The van der Waals surface area contributed by atoms with Crippen molar-refractivity contribution in [2.45, 2.75) is 50.3 Å². The molecule has 0 radical (unpaired) electrons. The van der Waals surface area contributed by atoms with E-state index in [1.165, 1.54) is 27.7 Å². The molecule has 11 nitrogen and oxygen atoms in total. The lowest BCUT2D eigenvalue weighted by Gasteiger charge is -2.31. The average molecular weight is 621 g/mol. The average Bonchev–Trinajstić information content (AvgIpc) is 3.63. The van der Waals surface area contributed by atoms with Crippen molar-refractivity contribution in [3.63, 3.8) is 0 Å². The van der Waals surface area contributed by atoms with Gasteiger partial charge in [-0.3, -0.25) is 9.69 Å². The molecule has 2 heterocycles. The molecule has 4 aromatic rings. The molecule has 1 saturated heterocycles. The van der Waals surface area contributed by atoms with Gasteiger partial charge >= 0.3 is 6.09 Å². The zero-order valence-corrected chi connectivity index (χ0v) is 25.6. The molecule has 44 heavy (non-hydrogen) atoms. The molecule has 1 aromatic heterocycles. The third-order valence-corrected chi connectivity index (χ3v) is 9.24. The largest absolute Gasteiger partial charge is 0.443 e. The van der Waals surface area contributed by atoms with Crippen molar-refractivity contribution < 1.29 is 32.3 Å². The number of aryl methyl sites for hydroxylation is 1. The number of fused-ring (bicyclic) bond motifs is 1. The zero-order valence-electron chi connectivity index (χ0n) is 24.8. The Morgan fingerprint density at radius 2 is 1.86 bits per heavy atom. The van der Waals surface area contributed by atoms with E-state index in [-0.39, 0.29) is 36.9 Å². The highest BCUT2D eigenvalue weighted by molar-refractivity contribution is 7.89. The lowest BCUT2D eigenvalue weighted by Crippen LogP contribution is -2.53. The van der Waals surface area contributed by atoms with E-state index in [2.05, 4.69) is 10.3 Å². The van der Waals surface area contributed by atoms with Crippen LogP contribution in [-0.4, -0.2) is 72.7 Å². The van der Waals surface area contributed by atoms with Gasteiger partial charge in [0.15, 0.2) is 18.1 Å². The Hall–Kier alpha value is -4.26. The van der Waals surface area contributed by atoms with Gasteiger partial charge in [0.05, 0.1) is 23.6 Å². The molecule has 0 bridgehead atoms. The molecular weight excluding hydrogens is 584 g/mol. The van der Waals surface area contributed by atoms with Gasteiger partial charge in [0.1, 0.15) is 5.52 Å². The van der Waals surface area contributed by atoms with Crippen molar-refractivity contribution in [2.75, 3.05) is 24.5 Å². The van der Waals surface area contributed by atoms with Crippen LogP contribution in [0.25, 0.3) is 11.1 Å². The number of ether oxygens (including phenoxy) is 1. The molecule has 3 aromatic carbocycles. The molecule has 0 spiro atoms. The van der Waals surface area contributed by atoms with Crippen LogP contribution in [0.15, 0.2) is 88.5 Å². The molecule has 232 valence electrons.